The van der Waals surface area contributed by atoms with E-state index in [0.29, 0.717) is 11.8 Å². The summed E-state index contributed by atoms with van der Waals surface area (Å²) in [5.41, 5.74) is 0.840. The highest BCUT2D eigenvalue weighted by Gasteiger charge is 2.42. The zero-order valence-electron chi connectivity index (χ0n) is 11.3. The van der Waals surface area contributed by atoms with Gasteiger partial charge < -0.3 is 14.8 Å². The zero-order valence-corrected chi connectivity index (χ0v) is 11.3. The molecule has 1 aliphatic rings. The fraction of sp³-hybridized carbons (Fsp3) is 0.538. The van der Waals surface area contributed by atoms with E-state index in [-0.39, 0.29) is 17.9 Å². The van der Waals surface area contributed by atoms with Crippen molar-refractivity contribution in [3.8, 4) is 5.75 Å². The molecule has 1 aromatic rings. The third-order valence-electron chi connectivity index (χ3n) is 3.54. The van der Waals surface area contributed by atoms with Crippen LogP contribution in [0.15, 0.2) is 18.2 Å². The summed E-state index contributed by atoms with van der Waals surface area (Å²) in [6, 6.07) is 4.92. The number of methoxy groups -OCH3 is 1. The monoisotopic (exact) mass is 266 g/mol. The molecule has 0 heterocycles. The number of nitrogens with zero attached hydrogens (tertiary/aromatic N) is 1. The first-order valence-corrected chi connectivity index (χ1v) is 6.18. The third kappa shape index (κ3) is 2.69. The summed E-state index contributed by atoms with van der Waals surface area (Å²) in [4.78, 5) is 10.3. The van der Waals surface area contributed by atoms with Crippen molar-refractivity contribution in [2.45, 2.75) is 31.6 Å². The molecule has 6 heteroatoms. The molecule has 3 atom stereocenters. The molecule has 1 saturated carbocycles. The van der Waals surface area contributed by atoms with Gasteiger partial charge in [-0.25, -0.2) is 0 Å². The molecule has 3 unspecified atom stereocenters. The summed E-state index contributed by atoms with van der Waals surface area (Å²) in [6.45, 7) is 1.80. The molecule has 1 fully saturated rings. The average molecular weight is 266 g/mol. The molecule has 1 aliphatic carbocycles. The average Bonchev–Trinajstić information content (AvgIpc) is 2.35. The SMILES string of the molecule is CNC1CC(Oc2ccc([N+](=O)[O-])cc2C)C1OC. The van der Waals surface area contributed by atoms with E-state index in [1.54, 1.807) is 20.1 Å². The van der Waals surface area contributed by atoms with Crippen LogP contribution in [0.4, 0.5) is 5.69 Å². The predicted molar refractivity (Wildman–Crippen MR) is 70.5 cm³/mol. The van der Waals surface area contributed by atoms with E-state index in [4.69, 9.17) is 9.47 Å². The lowest BCUT2D eigenvalue weighted by Gasteiger charge is -2.43. The lowest BCUT2D eigenvalue weighted by molar-refractivity contribution is -0.384. The van der Waals surface area contributed by atoms with Crippen molar-refractivity contribution >= 4 is 5.69 Å². The number of non-ortho nitro benzene ring substituents is 1. The maximum atomic E-state index is 10.7. The molecule has 2 rings (SSSR count). The molecule has 0 spiro atoms. The van der Waals surface area contributed by atoms with E-state index in [9.17, 15) is 10.1 Å². The van der Waals surface area contributed by atoms with Crippen LogP contribution in [-0.4, -0.2) is 37.3 Å². The van der Waals surface area contributed by atoms with Gasteiger partial charge in [0.2, 0.25) is 0 Å². The van der Waals surface area contributed by atoms with E-state index in [1.807, 2.05) is 7.05 Å². The van der Waals surface area contributed by atoms with Crippen molar-refractivity contribution in [2.24, 2.45) is 0 Å². The Morgan fingerprint density at radius 3 is 2.74 bits per heavy atom. The van der Waals surface area contributed by atoms with Crippen LogP contribution in [0.2, 0.25) is 0 Å². The molecule has 0 radical (unpaired) electrons. The number of nitro benzene ring substituents is 1. The highest BCUT2D eigenvalue weighted by molar-refractivity contribution is 5.43. The third-order valence-corrected chi connectivity index (χ3v) is 3.54. The van der Waals surface area contributed by atoms with E-state index in [0.717, 1.165) is 12.0 Å². The first kappa shape index (κ1) is 13.8. The van der Waals surface area contributed by atoms with Crippen molar-refractivity contribution in [3.05, 3.63) is 33.9 Å². The van der Waals surface area contributed by atoms with Gasteiger partial charge in [0, 0.05) is 31.7 Å². The highest BCUT2D eigenvalue weighted by atomic mass is 16.6. The molecule has 104 valence electrons. The molecular weight excluding hydrogens is 248 g/mol. The second kappa shape index (κ2) is 5.54. The second-order valence-corrected chi connectivity index (χ2v) is 4.69. The minimum atomic E-state index is -0.408. The lowest BCUT2D eigenvalue weighted by atomic mass is 9.85. The Morgan fingerprint density at radius 1 is 1.47 bits per heavy atom. The molecule has 19 heavy (non-hydrogen) atoms. The Morgan fingerprint density at radius 2 is 2.21 bits per heavy atom. The Kier molecular flexibility index (Phi) is 4.01. The van der Waals surface area contributed by atoms with Crippen molar-refractivity contribution in [1.82, 2.24) is 5.32 Å². The molecule has 0 bridgehead atoms. The summed E-state index contributed by atoms with van der Waals surface area (Å²) >= 11 is 0. The summed E-state index contributed by atoms with van der Waals surface area (Å²) in [5, 5.41) is 13.8. The Balaban J connectivity index is 2.06. The van der Waals surface area contributed by atoms with Gasteiger partial charge in [-0.15, -0.1) is 0 Å². The summed E-state index contributed by atoms with van der Waals surface area (Å²) in [7, 11) is 3.55. The smallest absolute Gasteiger partial charge is 0.269 e. The number of nitrogens with one attached hydrogen (secondary N) is 1. The van der Waals surface area contributed by atoms with Crippen LogP contribution in [0, 0.1) is 17.0 Å². The molecule has 6 nitrogen and oxygen atoms in total. The van der Waals surface area contributed by atoms with E-state index < -0.39 is 4.92 Å². The largest absolute Gasteiger partial charge is 0.487 e. The van der Waals surface area contributed by atoms with Gasteiger partial charge in [0.15, 0.2) is 0 Å². The molecule has 0 amide bonds. The number of hydrogen-bond acceptors (Lipinski definition) is 5. The summed E-state index contributed by atoms with van der Waals surface area (Å²) in [6.07, 6.45) is 0.869. The first-order chi connectivity index (χ1) is 9.06. The molecule has 0 saturated heterocycles. The fourth-order valence-corrected chi connectivity index (χ4v) is 2.34. The van der Waals surface area contributed by atoms with Gasteiger partial charge in [-0.05, 0) is 25.6 Å². The first-order valence-electron chi connectivity index (χ1n) is 6.18. The summed E-state index contributed by atoms with van der Waals surface area (Å²) in [5.74, 6) is 0.673. The number of rotatable bonds is 5. The quantitative estimate of drug-likeness (QED) is 0.648. The van der Waals surface area contributed by atoms with E-state index >= 15 is 0 Å². The van der Waals surface area contributed by atoms with Gasteiger partial charge in [0.1, 0.15) is 18.0 Å². The number of ether oxygens (including phenoxy) is 2. The Labute approximate surface area is 111 Å². The van der Waals surface area contributed by atoms with Crippen molar-refractivity contribution in [1.29, 1.82) is 0 Å². The van der Waals surface area contributed by atoms with Gasteiger partial charge in [0.25, 0.3) is 5.69 Å². The standard InChI is InChI=1S/C13H18N2O4/c1-8-6-9(15(16)17)4-5-11(8)19-12-7-10(14-2)13(12)18-3/h4-6,10,12-14H,7H2,1-3H3. The molecule has 1 aromatic carbocycles. The Hall–Kier alpha value is -1.66. The van der Waals surface area contributed by atoms with Crippen LogP contribution in [-0.2, 0) is 4.74 Å². The maximum absolute atomic E-state index is 10.7. The predicted octanol–water partition coefficient (Wildman–Crippen LogP) is 1.66. The van der Waals surface area contributed by atoms with E-state index in [2.05, 4.69) is 5.32 Å². The second-order valence-electron chi connectivity index (χ2n) is 4.69. The fourth-order valence-electron chi connectivity index (χ4n) is 2.34. The van der Waals surface area contributed by atoms with Crippen LogP contribution >= 0.6 is 0 Å². The van der Waals surface area contributed by atoms with Gasteiger partial charge >= 0.3 is 0 Å². The van der Waals surface area contributed by atoms with Crippen LogP contribution in [0.3, 0.4) is 0 Å². The minimum absolute atomic E-state index is 0.0115. The number of benzene rings is 1. The van der Waals surface area contributed by atoms with Crippen LogP contribution < -0.4 is 10.1 Å². The highest BCUT2D eigenvalue weighted by Crippen LogP contribution is 2.31. The topological polar surface area (TPSA) is 73.6 Å². The van der Waals surface area contributed by atoms with Crippen LogP contribution in [0.5, 0.6) is 5.75 Å². The maximum Gasteiger partial charge on any atom is 0.269 e. The number of likely N-dealkylation sites (N-methyl/N-ethyl adjacent to an activating group) is 1. The number of aryl methyl sites for hydroxylation is 1. The van der Waals surface area contributed by atoms with Crippen molar-refractivity contribution in [2.75, 3.05) is 14.2 Å². The van der Waals surface area contributed by atoms with Crippen molar-refractivity contribution in [3.63, 3.8) is 0 Å². The summed E-state index contributed by atoms with van der Waals surface area (Å²) < 4.78 is 11.2. The normalized spacial score (nSPS) is 25.7. The van der Waals surface area contributed by atoms with Gasteiger partial charge in [-0.1, -0.05) is 0 Å². The number of hydrogen-bond donors (Lipinski definition) is 1. The van der Waals surface area contributed by atoms with Crippen LogP contribution in [0.1, 0.15) is 12.0 Å². The lowest BCUT2D eigenvalue weighted by Crippen LogP contribution is -2.60. The van der Waals surface area contributed by atoms with Gasteiger partial charge in [0.05, 0.1) is 4.92 Å². The number of nitro groups is 1. The molecule has 1 N–H and O–H groups in total. The van der Waals surface area contributed by atoms with E-state index in [1.165, 1.54) is 12.1 Å². The molecule has 0 aliphatic heterocycles. The van der Waals surface area contributed by atoms with Crippen molar-refractivity contribution < 1.29 is 14.4 Å². The Bertz CT molecular complexity index is 478. The zero-order chi connectivity index (χ0) is 14.0. The minimum Gasteiger partial charge on any atom is -0.487 e. The van der Waals surface area contributed by atoms with Gasteiger partial charge in [-0.3, -0.25) is 10.1 Å². The molecule has 0 aromatic heterocycles. The molecular formula is C13H18N2O4. The van der Waals surface area contributed by atoms with Gasteiger partial charge in [-0.2, -0.15) is 0 Å². The van der Waals surface area contributed by atoms with Crippen LogP contribution in [0.25, 0.3) is 0 Å².